The number of hydrogen-bond acceptors (Lipinski definition) is 3. The average molecular weight is 275 g/mol. The SMILES string of the molecule is CCOc1ccc(C(N)CCCc2cccs2)cc1. The van der Waals surface area contributed by atoms with Gasteiger partial charge < -0.3 is 10.5 Å². The van der Waals surface area contributed by atoms with Gasteiger partial charge in [-0.2, -0.15) is 0 Å². The highest BCUT2D eigenvalue weighted by molar-refractivity contribution is 7.09. The molecular formula is C16H21NOS. The van der Waals surface area contributed by atoms with Gasteiger partial charge in [-0.25, -0.2) is 0 Å². The lowest BCUT2D eigenvalue weighted by Crippen LogP contribution is -2.10. The van der Waals surface area contributed by atoms with Gasteiger partial charge in [0.2, 0.25) is 0 Å². The number of benzene rings is 1. The van der Waals surface area contributed by atoms with Crippen LogP contribution in [0, 0.1) is 0 Å². The van der Waals surface area contributed by atoms with E-state index in [1.807, 2.05) is 30.4 Å². The predicted molar refractivity (Wildman–Crippen MR) is 81.8 cm³/mol. The molecule has 2 rings (SSSR count). The quantitative estimate of drug-likeness (QED) is 0.823. The number of aryl methyl sites for hydroxylation is 1. The molecule has 0 fully saturated rings. The van der Waals surface area contributed by atoms with E-state index < -0.39 is 0 Å². The third-order valence-electron chi connectivity index (χ3n) is 3.14. The van der Waals surface area contributed by atoms with Crippen molar-refractivity contribution in [2.45, 2.75) is 32.2 Å². The summed E-state index contributed by atoms with van der Waals surface area (Å²) < 4.78 is 5.43. The van der Waals surface area contributed by atoms with E-state index in [9.17, 15) is 0 Å². The molecule has 3 heteroatoms. The van der Waals surface area contributed by atoms with Crippen LogP contribution in [0.5, 0.6) is 5.75 Å². The van der Waals surface area contributed by atoms with Crippen LogP contribution in [-0.2, 0) is 6.42 Å². The molecule has 1 heterocycles. The summed E-state index contributed by atoms with van der Waals surface area (Å²) >= 11 is 1.82. The van der Waals surface area contributed by atoms with Gasteiger partial charge in [-0.05, 0) is 55.3 Å². The van der Waals surface area contributed by atoms with Crippen molar-refractivity contribution in [3.05, 3.63) is 52.2 Å². The Balaban J connectivity index is 1.80. The summed E-state index contributed by atoms with van der Waals surface area (Å²) in [5, 5.41) is 2.13. The molecule has 2 N–H and O–H groups in total. The lowest BCUT2D eigenvalue weighted by Gasteiger charge is -2.12. The molecule has 19 heavy (non-hydrogen) atoms. The number of hydrogen-bond donors (Lipinski definition) is 1. The Hall–Kier alpha value is -1.32. The van der Waals surface area contributed by atoms with Crippen molar-refractivity contribution in [2.75, 3.05) is 6.61 Å². The van der Waals surface area contributed by atoms with Gasteiger partial charge in [0.1, 0.15) is 5.75 Å². The first kappa shape index (κ1) is 14.1. The molecular weight excluding hydrogens is 254 g/mol. The van der Waals surface area contributed by atoms with Gasteiger partial charge in [-0.3, -0.25) is 0 Å². The largest absolute Gasteiger partial charge is 0.494 e. The lowest BCUT2D eigenvalue weighted by molar-refractivity contribution is 0.340. The van der Waals surface area contributed by atoms with E-state index in [2.05, 4.69) is 29.6 Å². The van der Waals surface area contributed by atoms with E-state index in [1.54, 1.807) is 0 Å². The zero-order valence-corrected chi connectivity index (χ0v) is 12.2. The summed E-state index contributed by atoms with van der Waals surface area (Å²) in [7, 11) is 0. The fourth-order valence-electron chi connectivity index (χ4n) is 2.10. The van der Waals surface area contributed by atoms with Crippen LogP contribution in [-0.4, -0.2) is 6.61 Å². The molecule has 1 atom stereocenters. The van der Waals surface area contributed by atoms with Crippen LogP contribution >= 0.6 is 11.3 Å². The predicted octanol–water partition coefficient (Wildman–Crippen LogP) is 4.17. The normalized spacial score (nSPS) is 12.3. The first-order valence-corrected chi connectivity index (χ1v) is 7.68. The number of ether oxygens (including phenoxy) is 1. The van der Waals surface area contributed by atoms with Crippen molar-refractivity contribution in [1.29, 1.82) is 0 Å². The summed E-state index contributed by atoms with van der Waals surface area (Å²) in [5.74, 6) is 0.914. The topological polar surface area (TPSA) is 35.2 Å². The van der Waals surface area contributed by atoms with Gasteiger partial charge in [0.05, 0.1) is 6.61 Å². The van der Waals surface area contributed by atoms with Crippen LogP contribution in [0.25, 0.3) is 0 Å². The van der Waals surface area contributed by atoms with Crippen LogP contribution in [0.3, 0.4) is 0 Å². The maximum Gasteiger partial charge on any atom is 0.119 e. The van der Waals surface area contributed by atoms with Gasteiger partial charge in [-0.15, -0.1) is 11.3 Å². The monoisotopic (exact) mass is 275 g/mol. The lowest BCUT2D eigenvalue weighted by atomic mass is 10.0. The van der Waals surface area contributed by atoms with Crippen LogP contribution in [0.2, 0.25) is 0 Å². The molecule has 0 saturated carbocycles. The maximum atomic E-state index is 6.22. The van der Waals surface area contributed by atoms with E-state index in [4.69, 9.17) is 10.5 Å². The highest BCUT2D eigenvalue weighted by Gasteiger charge is 2.06. The highest BCUT2D eigenvalue weighted by atomic mass is 32.1. The molecule has 0 spiro atoms. The summed E-state index contributed by atoms with van der Waals surface area (Å²) in [6, 6.07) is 12.5. The Morgan fingerprint density at radius 1 is 1.21 bits per heavy atom. The molecule has 0 radical (unpaired) electrons. The van der Waals surface area contributed by atoms with E-state index in [-0.39, 0.29) is 6.04 Å². The van der Waals surface area contributed by atoms with E-state index in [0.717, 1.165) is 25.0 Å². The summed E-state index contributed by atoms with van der Waals surface area (Å²) in [4.78, 5) is 1.44. The van der Waals surface area contributed by atoms with Gasteiger partial charge >= 0.3 is 0 Å². The first-order chi connectivity index (χ1) is 9.29. The van der Waals surface area contributed by atoms with Crippen molar-refractivity contribution in [3.8, 4) is 5.75 Å². The van der Waals surface area contributed by atoms with Crippen LogP contribution < -0.4 is 10.5 Å². The third kappa shape index (κ3) is 4.37. The van der Waals surface area contributed by atoms with Crippen molar-refractivity contribution < 1.29 is 4.74 Å². The van der Waals surface area contributed by atoms with Gasteiger partial charge in [-0.1, -0.05) is 18.2 Å². The number of thiophene rings is 1. The van der Waals surface area contributed by atoms with Crippen molar-refractivity contribution in [1.82, 2.24) is 0 Å². The third-order valence-corrected chi connectivity index (χ3v) is 4.07. The molecule has 0 saturated heterocycles. The molecule has 2 aromatic rings. The number of nitrogens with two attached hydrogens (primary N) is 1. The Bertz CT molecular complexity index is 464. The van der Waals surface area contributed by atoms with E-state index >= 15 is 0 Å². The zero-order chi connectivity index (χ0) is 13.5. The second-order valence-electron chi connectivity index (χ2n) is 4.58. The van der Waals surface area contributed by atoms with E-state index in [0.29, 0.717) is 6.61 Å². The van der Waals surface area contributed by atoms with E-state index in [1.165, 1.54) is 10.4 Å². The van der Waals surface area contributed by atoms with Crippen molar-refractivity contribution in [3.63, 3.8) is 0 Å². The molecule has 1 unspecified atom stereocenters. The molecule has 102 valence electrons. The van der Waals surface area contributed by atoms with Crippen LogP contribution in [0.15, 0.2) is 41.8 Å². The van der Waals surface area contributed by atoms with Crippen LogP contribution in [0.1, 0.15) is 36.2 Å². The molecule has 0 bridgehead atoms. The fourth-order valence-corrected chi connectivity index (χ4v) is 2.85. The second kappa shape index (κ2) is 7.31. The Kier molecular flexibility index (Phi) is 5.43. The summed E-state index contributed by atoms with van der Waals surface area (Å²) in [5.41, 5.74) is 7.41. The van der Waals surface area contributed by atoms with Crippen LogP contribution in [0.4, 0.5) is 0 Å². The smallest absolute Gasteiger partial charge is 0.119 e. The van der Waals surface area contributed by atoms with Gasteiger partial charge in [0.25, 0.3) is 0 Å². The minimum absolute atomic E-state index is 0.121. The molecule has 0 aliphatic heterocycles. The first-order valence-electron chi connectivity index (χ1n) is 6.80. The van der Waals surface area contributed by atoms with Gasteiger partial charge in [0, 0.05) is 10.9 Å². The highest BCUT2D eigenvalue weighted by Crippen LogP contribution is 2.21. The van der Waals surface area contributed by atoms with Crippen molar-refractivity contribution in [2.24, 2.45) is 5.73 Å². The molecule has 0 aliphatic carbocycles. The summed E-state index contributed by atoms with van der Waals surface area (Å²) in [6.45, 7) is 2.69. The second-order valence-corrected chi connectivity index (χ2v) is 5.61. The zero-order valence-electron chi connectivity index (χ0n) is 11.3. The number of rotatable bonds is 7. The Morgan fingerprint density at radius 2 is 2.00 bits per heavy atom. The fraction of sp³-hybridized carbons (Fsp3) is 0.375. The molecule has 0 amide bonds. The Morgan fingerprint density at radius 3 is 2.63 bits per heavy atom. The summed E-state index contributed by atoms with van der Waals surface area (Å²) in [6.07, 6.45) is 3.28. The van der Waals surface area contributed by atoms with Gasteiger partial charge in [0.15, 0.2) is 0 Å². The minimum Gasteiger partial charge on any atom is -0.494 e. The minimum atomic E-state index is 0.121. The molecule has 0 aliphatic rings. The maximum absolute atomic E-state index is 6.22. The molecule has 2 nitrogen and oxygen atoms in total. The van der Waals surface area contributed by atoms with Crippen molar-refractivity contribution >= 4 is 11.3 Å². The molecule has 1 aromatic heterocycles. The standard InChI is InChI=1S/C16H21NOS/c1-2-18-14-10-8-13(9-11-14)16(17)7-3-5-15-6-4-12-19-15/h4,6,8-12,16H,2-3,5,7,17H2,1H3. The molecule has 1 aromatic carbocycles. The average Bonchev–Trinajstić information content (AvgIpc) is 2.93. The Labute approximate surface area is 119 Å².